The molecule has 2 aliphatic heterocycles. The molecular weight excluding hydrogens is 404 g/mol. The van der Waals surface area contributed by atoms with Crippen molar-refractivity contribution in [3.8, 4) is 11.5 Å². The summed E-state index contributed by atoms with van der Waals surface area (Å²) in [5.74, 6) is 1.01. The van der Waals surface area contributed by atoms with Crippen LogP contribution >= 0.6 is 11.6 Å². The van der Waals surface area contributed by atoms with Crippen LogP contribution in [0.25, 0.3) is 6.08 Å². The van der Waals surface area contributed by atoms with E-state index >= 15 is 0 Å². The first-order valence-electron chi connectivity index (χ1n) is 9.93. The number of fused-ring (bicyclic) bond motifs is 2. The van der Waals surface area contributed by atoms with Gasteiger partial charge in [-0.1, -0.05) is 35.9 Å². The SMILES string of the molecule is CC(=O)N1C=Cc2ccccc2[C@H]1CC(=O)NCCc1cc(Cl)c2c(c1)OCCO2. The van der Waals surface area contributed by atoms with Crippen LogP contribution in [0.2, 0.25) is 5.02 Å². The Morgan fingerprint density at radius 2 is 2.00 bits per heavy atom. The van der Waals surface area contributed by atoms with Crippen LogP contribution in [0.4, 0.5) is 0 Å². The number of nitrogens with one attached hydrogen (secondary N) is 1. The predicted octanol–water partition coefficient (Wildman–Crippen LogP) is 3.73. The third-order valence-corrected chi connectivity index (χ3v) is 5.52. The minimum atomic E-state index is -0.313. The molecule has 2 aliphatic rings. The van der Waals surface area contributed by atoms with Gasteiger partial charge in [-0.3, -0.25) is 9.59 Å². The molecule has 1 atom stereocenters. The Labute approximate surface area is 180 Å². The number of rotatable bonds is 5. The summed E-state index contributed by atoms with van der Waals surface area (Å²) < 4.78 is 11.1. The maximum atomic E-state index is 12.6. The molecule has 0 aliphatic carbocycles. The number of carbonyl (C=O) groups is 2. The van der Waals surface area contributed by atoms with E-state index in [9.17, 15) is 9.59 Å². The normalized spacial score (nSPS) is 16.7. The van der Waals surface area contributed by atoms with Gasteiger partial charge in [0.15, 0.2) is 11.5 Å². The minimum Gasteiger partial charge on any atom is -0.486 e. The second-order valence-corrected chi connectivity index (χ2v) is 7.70. The summed E-state index contributed by atoms with van der Waals surface area (Å²) in [6.45, 7) is 2.94. The second kappa shape index (κ2) is 8.79. The smallest absolute Gasteiger partial charge is 0.223 e. The van der Waals surface area contributed by atoms with Gasteiger partial charge < -0.3 is 19.7 Å². The van der Waals surface area contributed by atoms with Crippen LogP contribution < -0.4 is 14.8 Å². The zero-order chi connectivity index (χ0) is 21.1. The second-order valence-electron chi connectivity index (χ2n) is 7.29. The van der Waals surface area contributed by atoms with Crippen molar-refractivity contribution < 1.29 is 19.1 Å². The van der Waals surface area contributed by atoms with E-state index in [-0.39, 0.29) is 24.3 Å². The molecule has 2 heterocycles. The zero-order valence-corrected chi connectivity index (χ0v) is 17.4. The number of carbonyl (C=O) groups excluding carboxylic acids is 2. The van der Waals surface area contributed by atoms with Gasteiger partial charge in [0.05, 0.1) is 17.5 Å². The fourth-order valence-corrected chi connectivity index (χ4v) is 4.10. The Hall–Kier alpha value is -2.99. The van der Waals surface area contributed by atoms with E-state index in [0.29, 0.717) is 42.7 Å². The molecule has 0 fully saturated rings. The first kappa shape index (κ1) is 20.3. The molecule has 0 aromatic heterocycles. The van der Waals surface area contributed by atoms with Crippen molar-refractivity contribution in [1.82, 2.24) is 10.2 Å². The van der Waals surface area contributed by atoms with E-state index in [2.05, 4.69) is 5.32 Å². The van der Waals surface area contributed by atoms with Crippen molar-refractivity contribution in [1.29, 1.82) is 0 Å². The fraction of sp³-hybridized carbons (Fsp3) is 0.304. The van der Waals surface area contributed by atoms with Crippen LogP contribution in [0.1, 0.15) is 36.1 Å². The fourth-order valence-electron chi connectivity index (χ4n) is 3.82. The molecule has 6 nitrogen and oxygen atoms in total. The number of benzene rings is 2. The third kappa shape index (κ3) is 4.28. The molecule has 0 spiro atoms. The molecule has 2 amide bonds. The summed E-state index contributed by atoms with van der Waals surface area (Å²) in [7, 11) is 0. The number of hydrogen-bond donors (Lipinski definition) is 1. The molecule has 0 saturated carbocycles. The Morgan fingerprint density at radius 3 is 2.83 bits per heavy atom. The van der Waals surface area contributed by atoms with E-state index in [1.54, 1.807) is 11.1 Å². The lowest BCUT2D eigenvalue weighted by Crippen LogP contribution is -2.35. The summed E-state index contributed by atoms with van der Waals surface area (Å²) in [5.41, 5.74) is 2.96. The minimum absolute atomic E-state index is 0.0931. The molecule has 156 valence electrons. The van der Waals surface area contributed by atoms with Crippen LogP contribution in [0.3, 0.4) is 0 Å². The highest BCUT2D eigenvalue weighted by Gasteiger charge is 2.28. The molecule has 30 heavy (non-hydrogen) atoms. The quantitative estimate of drug-likeness (QED) is 0.791. The largest absolute Gasteiger partial charge is 0.486 e. The predicted molar refractivity (Wildman–Crippen MR) is 115 cm³/mol. The molecule has 4 rings (SSSR count). The summed E-state index contributed by atoms with van der Waals surface area (Å²) >= 11 is 6.27. The van der Waals surface area contributed by atoms with Gasteiger partial charge in [-0.15, -0.1) is 0 Å². The summed E-state index contributed by atoms with van der Waals surface area (Å²) in [5, 5.41) is 3.46. The summed E-state index contributed by atoms with van der Waals surface area (Å²) in [6.07, 6.45) is 4.46. The van der Waals surface area contributed by atoms with Crippen molar-refractivity contribution in [3.05, 3.63) is 64.3 Å². The summed E-state index contributed by atoms with van der Waals surface area (Å²) in [6, 6.07) is 11.2. The Morgan fingerprint density at radius 1 is 1.20 bits per heavy atom. The number of halogens is 1. The van der Waals surface area contributed by atoms with Crippen molar-refractivity contribution in [3.63, 3.8) is 0 Å². The molecule has 7 heteroatoms. The monoisotopic (exact) mass is 426 g/mol. The number of hydrogen-bond acceptors (Lipinski definition) is 4. The van der Waals surface area contributed by atoms with E-state index < -0.39 is 0 Å². The van der Waals surface area contributed by atoms with Gasteiger partial charge in [-0.2, -0.15) is 0 Å². The number of nitrogens with zero attached hydrogens (tertiary/aromatic N) is 1. The van der Waals surface area contributed by atoms with Crippen LogP contribution in [0.15, 0.2) is 42.6 Å². The zero-order valence-electron chi connectivity index (χ0n) is 16.7. The first-order valence-corrected chi connectivity index (χ1v) is 10.3. The molecule has 0 unspecified atom stereocenters. The lowest BCUT2D eigenvalue weighted by molar-refractivity contribution is -0.129. The topological polar surface area (TPSA) is 67.9 Å². The van der Waals surface area contributed by atoms with Crippen LogP contribution in [0, 0.1) is 0 Å². The average Bonchev–Trinajstić information content (AvgIpc) is 2.74. The standard InChI is InChI=1S/C23H23ClN2O4/c1-15(27)26-9-7-17-4-2-3-5-18(17)20(26)14-22(28)25-8-6-16-12-19(24)23-21(13-16)29-10-11-30-23/h2-5,7,9,12-13,20H,6,8,10-11,14H2,1H3,(H,25,28)/t20-/m1/s1. The van der Waals surface area contributed by atoms with Gasteiger partial charge in [0.25, 0.3) is 0 Å². The molecule has 0 saturated heterocycles. The van der Waals surface area contributed by atoms with Crippen LogP contribution in [0.5, 0.6) is 11.5 Å². The first-order chi connectivity index (χ1) is 14.5. The molecule has 2 aromatic carbocycles. The third-order valence-electron chi connectivity index (χ3n) is 5.24. The molecular formula is C23H23ClN2O4. The van der Waals surface area contributed by atoms with Crippen molar-refractivity contribution in [2.45, 2.75) is 25.8 Å². The van der Waals surface area contributed by atoms with Crippen molar-refractivity contribution in [2.24, 2.45) is 0 Å². The molecule has 0 radical (unpaired) electrons. The van der Waals surface area contributed by atoms with Gasteiger partial charge in [0.2, 0.25) is 11.8 Å². The van der Waals surface area contributed by atoms with Crippen molar-refractivity contribution in [2.75, 3.05) is 19.8 Å². The van der Waals surface area contributed by atoms with E-state index in [0.717, 1.165) is 16.7 Å². The summed E-state index contributed by atoms with van der Waals surface area (Å²) in [4.78, 5) is 26.3. The molecule has 0 bridgehead atoms. The van der Waals surface area contributed by atoms with Crippen LogP contribution in [-0.4, -0.2) is 36.5 Å². The van der Waals surface area contributed by atoms with Gasteiger partial charge in [-0.05, 0) is 41.3 Å². The van der Waals surface area contributed by atoms with Crippen molar-refractivity contribution >= 4 is 29.5 Å². The number of ether oxygens (including phenoxy) is 2. The maximum absolute atomic E-state index is 12.6. The molecule has 1 N–H and O–H groups in total. The van der Waals surface area contributed by atoms with Gasteiger partial charge in [0.1, 0.15) is 13.2 Å². The lowest BCUT2D eigenvalue weighted by Gasteiger charge is -2.32. The van der Waals surface area contributed by atoms with Gasteiger partial charge in [0, 0.05) is 19.7 Å². The Bertz CT molecular complexity index is 1000. The van der Waals surface area contributed by atoms with E-state index in [1.165, 1.54) is 6.92 Å². The lowest BCUT2D eigenvalue weighted by atomic mass is 9.93. The highest BCUT2D eigenvalue weighted by Crippen LogP contribution is 2.38. The maximum Gasteiger partial charge on any atom is 0.223 e. The van der Waals surface area contributed by atoms with E-state index in [1.807, 2.05) is 42.5 Å². The van der Waals surface area contributed by atoms with Gasteiger partial charge in [-0.25, -0.2) is 0 Å². The Balaban J connectivity index is 1.38. The highest BCUT2D eigenvalue weighted by atomic mass is 35.5. The Kier molecular flexibility index (Phi) is 5.95. The average molecular weight is 427 g/mol. The van der Waals surface area contributed by atoms with E-state index in [4.69, 9.17) is 21.1 Å². The van der Waals surface area contributed by atoms with Gasteiger partial charge >= 0.3 is 0 Å². The number of amides is 2. The van der Waals surface area contributed by atoms with Crippen LogP contribution in [-0.2, 0) is 16.0 Å². The highest BCUT2D eigenvalue weighted by molar-refractivity contribution is 6.32. The molecule has 2 aromatic rings.